The van der Waals surface area contributed by atoms with Crippen LogP contribution >= 0.6 is 11.3 Å². The molecule has 8 nitrogen and oxygen atoms in total. The van der Waals surface area contributed by atoms with Gasteiger partial charge in [0.05, 0.1) is 15.1 Å². The lowest BCUT2D eigenvalue weighted by Crippen LogP contribution is -2.34. The molecular weight excluding hydrogens is 399 g/mol. The van der Waals surface area contributed by atoms with Gasteiger partial charge in [0, 0.05) is 13.1 Å². The lowest BCUT2D eigenvalue weighted by Gasteiger charge is -2.32. The van der Waals surface area contributed by atoms with E-state index in [9.17, 15) is 18.0 Å². The van der Waals surface area contributed by atoms with Crippen molar-refractivity contribution in [3.8, 4) is 0 Å². The second-order valence-corrected chi connectivity index (χ2v) is 7.25. The fraction of sp³-hybridized carbons (Fsp3) is 0.500. The number of primary amides is 1. The number of fused-ring (bicyclic) bond motifs is 1. The Morgan fingerprint density at radius 2 is 1.89 bits per heavy atom. The van der Waals surface area contributed by atoms with Crippen LogP contribution in [0.25, 0.3) is 10.2 Å². The Bertz CT molecular complexity index is 835. The second-order valence-electron chi connectivity index (χ2n) is 6.20. The third kappa shape index (κ3) is 5.52. The third-order valence-electron chi connectivity index (χ3n) is 4.27. The molecule has 0 spiro atoms. The van der Waals surface area contributed by atoms with E-state index < -0.39 is 18.1 Å². The normalized spacial score (nSPS) is 15.2. The molecule has 2 aromatic heterocycles. The van der Waals surface area contributed by atoms with E-state index in [1.807, 2.05) is 0 Å². The Labute approximate surface area is 162 Å². The Morgan fingerprint density at radius 3 is 2.39 bits per heavy atom. The van der Waals surface area contributed by atoms with Gasteiger partial charge in [0.25, 0.3) is 5.91 Å². The highest BCUT2D eigenvalue weighted by Gasteiger charge is 2.38. The number of aliphatic carboxylic acids is 1. The number of piperidine rings is 1. The van der Waals surface area contributed by atoms with Crippen LogP contribution in [-0.4, -0.2) is 52.8 Å². The summed E-state index contributed by atoms with van der Waals surface area (Å²) >= 11 is 1.38. The number of carbonyl (C=O) groups excluding carboxylic acids is 1. The maximum Gasteiger partial charge on any atom is 0.490 e. The topological polar surface area (TPSA) is 135 Å². The molecule has 28 heavy (non-hydrogen) atoms. The second kappa shape index (κ2) is 9.15. The van der Waals surface area contributed by atoms with Crippen LogP contribution in [0.3, 0.4) is 0 Å². The van der Waals surface area contributed by atoms with E-state index in [0.29, 0.717) is 10.8 Å². The summed E-state index contributed by atoms with van der Waals surface area (Å²) in [5.74, 6) is -1.53. The first-order valence-corrected chi connectivity index (χ1v) is 9.24. The van der Waals surface area contributed by atoms with Crippen LogP contribution in [0.15, 0.2) is 12.4 Å². The van der Waals surface area contributed by atoms with Gasteiger partial charge in [0.2, 0.25) is 0 Å². The fourth-order valence-electron chi connectivity index (χ4n) is 2.86. The Hall–Kier alpha value is -2.47. The monoisotopic (exact) mass is 419 g/mol. The van der Waals surface area contributed by atoms with Crippen molar-refractivity contribution in [3.05, 3.63) is 17.3 Å². The molecule has 1 aliphatic heterocycles. The van der Waals surface area contributed by atoms with Crippen molar-refractivity contribution in [1.82, 2.24) is 9.97 Å². The van der Waals surface area contributed by atoms with Crippen LogP contribution in [0.5, 0.6) is 0 Å². The van der Waals surface area contributed by atoms with Crippen molar-refractivity contribution in [2.45, 2.75) is 25.4 Å². The number of rotatable bonds is 4. The summed E-state index contributed by atoms with van der Waals surface area (Å²) in [6.45, 7) is 2.70. The van der Waals surface area contributed by atoms with Gasteiger partial charge in [-0.15, -0.1) is 11.3 Å². The van der Waals surface area contributed by atoms with Gasteiger partial charge in [-0.1, -0.05) is 0 Å². The standard InChI is InChI=1S/C14H19N5OS.C2HF3O2/c15-4-1-9-2-5-19(6-3-9)14-12-10(17-8-18-14)7-11(21-12)13(16)20;3-2(4,5)1(6)7/h7-9H,1-6,15H2,(H2,16,20);(H,6,7). The maximum absolute atomic E-state index is 11.3. The molecular formula is C16H20F3N5O3S. The van der Waals surface area contributed by atoms with Crippen LogP contribution < -0.4 is 16.4 Å². The van der Waals surface area contributed by atoms with Gasteiger partial charge < -0.3 is 21.5 Å². The number of aromatic nitrogens is 2. The van der Waals surface area contributed by atoms with E-state index in [-0.39, 0.29) is 0 Å². The van der Waals surface area contributed by atoms with Gasteiger partial charge in [-0.3, -0.25) is 4.79 Å². The predicted octanol–water partition coefficient (Wildman–Crippen LogP) is 1.99. The van der Waals surface area contributed by atoms with Crippen molar-refractivity contribution < 1.29 is 27.9 Å². The quantitative estimate of drug-likeness (QED) is 0.689. The minimum absolute atomic E-state index is 0.411. The highest BCUT2D eigenvalue weighted by atomic mass is 32.1. The first-order chi connectivity index (χ1) is 13.1. The first kappa shape index (κ1) is 21.8. The molecule has 0 radical (unpaired) electrons. The minimum atomic E-state index is -5.08. The van der Waals surface area contributed by atoms with Gasteiger partial charge >= 0.3 is 12.1 Å². The Kier molecular flexibility index (Phi) is 7.13. The molecule has 2 aromatic rings. The van der Waals surface area contributed by atoms with Crippen LogP contribution in [0.4, 0.5) is 19.0 Å². The van der Waals surface area contributed by atoms with Crippen LogP contribution in [-0.2, 0) is 4.79 Å². The molecule has 0 aliphatic carbocycles. The molecule has 1 amide bonds. The molecule has 0 bridgehead atoms. The molecule has 3 rings (SSSR count). The van der Waals surface area contributed by atoms with Crippen LogP contribution in [0.1, 0.15) is 28.9 Å². The molecule has 0 atom stereocenters. The number of anilines is 1. The number of thiophene rings is 1. The average molecular weight is 419 g/mol. The van der Waals surface area contributed by atoms with Crippen LogP contribution in [0.2, 0.25) is 0 Å². The summed E-state index contributed by atoms with van der Waals surface area (Å²) < 4.78 is 32.7. The van der Waals surface area contributed by atoms with E-state index >= 15 is 0 Å². The highest BCUT2D eigenvalue weighted by Crippen LogP contribution is 2.33. The fourth-order valence-corrected chi connectivity index (χ4v) is 3.84. The highest BCUT2D eigenvalue weighted by molar-refractivity contribution is 7.21. The summed E-state index contributed by atoms with van der Waals surface area (Å²) in [5, 5.41) is 7.12. The zero-order valence-electron chi connectivity index (χ0n) is 14.8. The number of alkyl halides is 3. The molecule has 0 saturated carbocycles. The minimum Gasteiger partial charge on any atom is -0.475 e. The van der Waals surface area contributed by atoms with Gasteiger partial charge in [0.1, 0.15) is 12.1 Å². The Balaban J connectivity index is 0.000000345. The molecule has 1 saturated heterocycles. The van der Waals surface area contributed by atoms with Crippen molar-refractivity contribution in [2.24, 2.45) is 17.4 Å². The number of carboxylic acids is 1. The number of carbonyl (C=O) groups is 2. The average Bonchev–Trinajstić information content (AvgIpc) is 3.07. The van der Waals surface area contributed by atoms with Crippen molar-refractivity contribution in [2.75, 3.05) is 24.5 Å². The maximum atomic E-state index is 11.3. The number of amides is 1. The molecule has 5 N–H and O–H groups in total. The van der Waals surface area contributed by atoms with E-state index in [1.54, 1.807) is 12.4 Å². The lowest BCUT2D eigenvalue weighted by atomic mass is 9.94. The molecule has 1 fully saturated rings. The smallest absolute Gasteiger partial charge is 0.475 e. The van der Waals surface area contributed by atoms with Crippen molar-refractivity contribution in [1.29, 1.82) is 0 Å². The van der Waals surface area contributed by atoms with Crippen molar-refractivity contribution >= 4 is 39.2 Å². The zero-order chi connectivity index (χ0) is 20.9. The summed E-state index contributed by atoms with van der Waals surface area (Å²) in [4.78, 5) is 31.7. The number of hydrogen-bond donors (Lipinski definition) is 3. The van der Waals surface area contributed by atoms with Crippen molar-refractivity contribution in [3.63, 3.8) is 0 Å². The number of halogens is 3. The SMILES string of the molecule is NCCC1CCN(c2ncnc3cc(C(N)=O)sc23)CC1.O=C(O)C(F)(F)F. The Morgan fingerprint density at radius 1 is 1.29 bits per heavy atom. The van der Waals surface area contributed by atoms with E-state index in [2.05, 4.69) is 14.9 Å². The zero-order valence-corrected chi connectivity index (χ0v) is 15.6. The van der Waals surface area contributed by atoms with E-state index in [4.69, 9.17) is 21.4 Å². The number of nitrogens with two attached hydrogens (primary N) is 2. The molecule has 3 heterocycles. The first-order valence-electron chi connectivity index (χ1n) is 8.43. The summed E-state index contributed by atoms with van der Waals surface area (Å²) in [6, 6.07) is 1.74. The number of nitrogens with zero attached hydrogens (tertiary/aromatic N) is 3. The van der Waals surface area contributed by atoms with Gasteiger partial charge in [0.15, 0.2) is 0 Å². The summed E-state index contributed by atoms with van der Waals surface area (Å²) in [6.07, 6.45) is -0.160. The summed E-state index contributed by atoms with van der Waals surface area (Å²) in [7, 11) is 0. The molecule has 12 heteroatoms. The van der Waals surface area contributed by atoms with Gasteiger partial charge in [-0.05, 0) is 37.8 Å². The molecule has 154 valence electrons. The number of hydrogen-bond acceptors (Lipinski definition) is 7. The van der Waals surface area contributed by atoms with Crippen LogP contribution in [0, 0.1) is 5.92 Å². The van der Waals surface area contributed by atoms with E-state index in [0.717, 1.165) is 54.9 Å². The predicted molar refractivity (Wildman–Crippen MR) is 98.2 cm³/mol. The largest absolute Gasteiger partial charge is 0.490 e. The lowest BCUT2D eigenvalue weighted by molar-refractivity contribution is -0.192. The molecule has 1 aliphatic rings. The van der Waals surface area contributed by atoms with E-state index in [1.165, 1.54) is 11.3 Å². The molecule has 0 aromatic carbocycles. The van der Waals surface area contributed by atoms with Gasteiger partial charge in [-0.2, -0.15) is 13.2 Å². The molecule has 0 unspecified atom stereocenters. The summed E-state index contributed by atoms with van der Waals surface area (Å²) in [5.41, 5.74) is 11.8. The number of carboxylic acid groups (broad SMARTS) is 1. The third-order valence-corrected chi connectivity index (χ3v) is 5.40. The van der Waals surface area contributed by atoms with Gasteiger partial charge in [-0.25, -0.2) is 14.8 Å².